The maximum Gasteiger partial charge on any atom is 0.332 e. The average Bonchev–Trinajstić information content (AvgIpc) is 3.28. The van der Waals surface area contributed by atoms with Crippen LogP contribution in [0.4, 0.5) is 0 Å². The maximum absolute atomic E-state index is 12.8. The Labute approximate surface area is 194 Å². The molecular weight excluding hydrogens is 440 g/mol. The third-order valence-corrected chi connectivity index (χ3v) is 6.51. The highest BCUT2D eigenvalue weighted by Gasteiger charge is 2.16. The first-order valence-electron chi connectivity index (χ1n) is 10.5. The van der Waals surface area contributed by atoms with Gasteiger partial charge in [-0.05, 0) is 36.6 Å². The number of thioether (sulfide) groups is 1. The van der Waals surface area contributed by atoms with Crippen molar-refractivity contribution in [2.24, 2.45) is 14.1 Å². The number of hydrogen-bond acceptors (Lipinski definition) is 7. The number of hydrogen-bond donors (Lipinski definition) is 0. The number of ketones is 1. The number of oxazole rings is 1. The molecule has 0 saturated carbocycles. The van der Waals surface area contributed by atoms with Gasteiger partial charge in [-0.2, -0.15) is 0 Å². The molecule has 9 heteroatoms. The van der Waals surface area contributed by atoms with E-state index >= 15 is 0 Å². The van der Waals surface area contributed by atoms with Crippen molar-refractivity contribution in [2.45, 2.75) is 37.5 Å². The largest absolute Gasteiger partial charge is 0.448 e. The summed E-state index contributed by atoms with van der Waals surface area (Å²) >= 11 is 1.43. The summed E-state index contributed by atoms with van der Waals surface area (Å²) in [6.07, 6.45) is 2.90. The fourth-order valence-electron chi connectivity index (χ4n) is 3.60. The van der Waals surface area contributed by atoms with Crippen LogP contribution in [-0.4, -0.2) is 24.9 Å². The van der Waals surface area contributed by atoms with Gasteiger partial charge in [-0.25, -0.2) is 14.8 Å². The highest BCUT2D eigenvalue weighted by molar-refractivity contribution is 7.98. The molecule has 3 aromatic heterocycles. The van der Waals surface area contributed by atoms with E-state index in [0.29, 0.717) is 39.7 Å². The predicted molar refractivity (Wildman–Crippen MR) is 127 cm³/mol. The second-order valence-electron chi connectivity index (χ2n) is 7.84. The summed E-state index contributed by atoms with van der Waals surface area (Å²) < 4.78 is 7.99. The smallest absolute Gasteiger partial charge is 0.332 e. The number of fused-ring (bicyclic) bond motifs is 1. The Morgan fingerprint density at radius 1 is 1.12 bits per heavy atom. The van der Waals surface area contributed by atoms with E-state index in [2.05, 4.69) is 4.98 Å². The first kappa shape index (κ1) is 22.7. The highest BCUT2D eigenvalue weighted by Crippen LogP contribution is 2.28. The average molecular weight is 465 g/mol. The fraction of sp³-hybridized carbons (Fsp3) is 0.292. The number of benzene rings is 1. The molecule has 8 nitrogen and oxygen atoms in total. The van der Waals surface area contributed by atoms with Crippen LogP contribution in [0, 0.1) is 0 Å². The Morgan fingerprint density at radius 3 is 2.61 bits per heavy atom. The summed E-state index contributed by atoms with van der Waals surface area (Å²) in [5.74, 6) is 1.03. The number of pyridine rings is 1. The van der Waals surface area contributed by atoms with E-state index in [0.717, 1.165) is 27.8 Å². The highest BCUT2D eigenvalue weighted by atomic mass is 32.2. The summed E-state index contributed by atoms with van der Waals surface area (Å²) in [6.45, 7) is 3.54. The van der Waals surface area contributed by atoms with Gasteiger partial charge in [-0.15, -0.1) is 0 Å². The Bertz CT molecular complexity index is 1480. The van der Waals surface area contributed by atoms with Crippen molar-refractivity contribution in [1.82, 2.24) is 19.1 Å². The van der Waals surface area contributed by atoms with Gasteiger partial charge in [-0.3, -0.25) is 18.7 Å². The molecule has 0 saturated heterocycles. The van der Waals surface area contributed by atoms with Gasteiger partial charge in [0.25, 0.3) is 5.56 Å². The van der Waals surface area contributed by atoms with E-state index < -0.39 is 11.2 Å². The molecule has 0 amide bonds. The molecule has 0 atom stereocenters. The molecule has 4 aromatic rings. The summed E-state index contributed by atoms with van der Waals surface area (Å²) in [5, 5.41) is 1.04. The second kappa shape index (κ2) is 9.19. The molecule has 0 fully saturated rings. The van der Waals surface area contributed by atoms with Gasteiger partial charge in [0.15, 0.2) is 11.4 Å². The Kier molecular flexibility index (Phi) is 6.33. The van der Waals surface area contributed by atoms with Crippen molar-refractivity contribution in [2.75, 3.05) is 0 Å². The number of nitrogens with zero attached hydrogens (tertiary/aromatic N) is 4. The molecule has 0 spiro atoms. The summed E-state index contributed by atoms with van der Waals surface area (Å²) in [7, 11) is 3.06. The van der Waals surface area contributed by atoms with Crippen LogP contribution in [0.25, 0.3) is 11.0 Å². The van der Waals surface area contributed by atoms with Crippen LogP contribution >= 0.6 is 11.8 Å². The standard InChI is InChI=1S/C24H24N4O4S/c1-5-18-12-32-20(25-18)13-33-22-17(10-15-7-6-8-16(9-15)14(2)29)11-19-21(26-22)27(3)24(31)28(4)23(19)30/h6-9,11-12H,5,10,13H2,1-4H3. The molecule has 0 aliphatic carbocycles. The number of aryl methyl sites for hydroxylation is 2. The minimum atomic E-state index is -0.432. The monoisotopic (exact) mass is 464 g/mol. The number of aromatic nitrogens is 4. The molecule has 170 valence electrons. The van der Waals surface area contributed by atoms with Crippen LogP contribution in [0.1, 0.15) is 46.9 Å². The number of carbonyl (C=O) groups is 1. The molecule has 33 heavy (non-hydrogen) atoms. The van der Waals surface area contributed by atoms with Gasteiger partial charge in [-0.1, -0.05) is 36.9 Å². The van der Waals surface area contributed by atoms with Gasteiger partial charge >= 0.3 is 5.69 Å². The van der Waals surface area contributed by atoms with Crippen LogP contribution in [-0.2, 0) is 32.7 Å². The molecule has 4 rings (SSSR count). The van der Waals surface area contributed by atoms with Crippen LogP contribution in [0.2, 0.25) is 0 Å². The number of Topliss-reactive ketones (excluding diaryl/α,β-unsaturated/α-hetero) is 1. The normalized spacial score (nSPS) is 11.3. The van der Waals surface area contributed by atoms with Crippen LogP contribution in [0.15, 0.2) is 55.6 Å². The minimum Gasteiger partial charge on any atom is -0.448 e. The zero-order valence-electron chi connectivity index (χ0n) is 18.9. The lowest BCUT2D eigenvalue weighted by molar-refractivity contribution is 0.101. The third-order valence-electron chi connectivity index (χ3n) is 5.49. The van der Waals surface area contributed by atoms with Crippen molar-refractivity contribution < 1.29 is 9.21 Å². The molecule has 3 heterocycles. The summed E-state index contributed by atoms with van der Waals surface area (Å²) in [6, 6.07) is 9.20. The van der Waals surface area contributed by atoms with Crippen LogP contribution in [0.5, 0.6) is 0 Å². The maximum atomic E-state index is 12.8. The van der Waals surface area contributed by atoms with Gasteiger partial charge in [0.05, 0.1) is 16.8 Å². The lowest BCUT2D eigenvalue weighted by Gasteiger charge is -2.13. The van der Waals surface area contributed by atoms with E-state index in [1.807, 2.05) is 25.1 Å². The molecule has 0 radical (unpaired) electrons. The van der Waals surface area contributed by atoms with Crippen molar-refractivity contribution >= 4 is 28.6 Å². The lowest BCUT2D eigenvalue weighted by atomic mass is 10.0. The van der Waals surface area contributed by atoms with Gasteiger partial charge in [0.1, 0.15) is 11.3 Å². The van der Waals surface area contributed by atoms with E-state index in [1.165, 1.54) is 30.3 Å². The quantitative estimate of drug-likeness (QED) is 0.306. The molecule has 0 N–H and O–H groups in total. The number of rotatable bonds is 7. The second-order valence-corrected chi connectivity index (χ2v) is 8.80. The SMILES string of the molecule is CCc1coc(CSc2nc3c(cc2Cc2cccc(C(C)=O)c2)c(=O)n(C)c(=O)n3C)n1. The third kappa shape index (κ3) is 4.54. The molecule has 1 aromatic carbocycles. The topological polar surface area (TPSA) is 100.0 Å². The van der Waals surface area contributed by atoms with E-state index in [4.69, 9.17) is 9.40 Å². The Balaban J connectivity index is 1.81. The molecule has 0 bridgehead atoms. The molecule has 0 unspecified atom stereocenters. The minimum absolute atomic E-state index is 0.0115. The molecule has 0 aliphatic heterocycles. The predicted octanol–water partition coefficient (Wildman–Crippen LogP) is 3.27. The zero-order valence-corrected chi connectivity index (χ0v) is 19.7. The fourth-order valence-corrected chi connectivity index (χ4v) is 4.46. The molecular formula is C24H24N4O4S. The van der Waals surface area contributed by atoms with Crippen molar-refractivity contribution in [1.29, 1.82) is 0 Å². The van der Waals surface area contributed by atoms with Crippen molar-refractivity contribution in [3.63, 3.8) is 0 Å². The Morgan fingerprint density at radius 2 is 1.91 bits per heavy atom. The van der Waals surface area contributed by atoms with Gasteiger partial charge in [0, 0.05) is 26.1 Å². The van der Waals surface area contributed by atoms with E-state index in [1.54, 1.807) is 25.4 Å². The summed E-state index contributed by atoms with van der Waals surface area (Å²) in [4.78, 5) is 46.2. The van der Waals surface area contributed by atoms with Crippen molar-refractivity contribution in [3.8, 4) is 0 Å². The van der Waals surface area contributed by atoms with Crippen molar-refractivity contribution in [3.05, 3.63) is 85.7 Å². The van der Waals surface area contributed by atoms with Gasteiger partial charge < -0.3 is 4.42 Å². The molecule has 0 aliphatic rings. The Hall–Kier alpha value is -3.46. The first-order valence-corrected chi connectivity index (χ1v) is 11.5. The zero-order chi connectivity index (χ0) is 23.7. The van der Waals surface area contributed by atoms with Crippen LogP contribution < -0.4 is 11.2 Å². The summed E-state index contributed by atoms with van der Waals surface area (Å²) in [5.41, 5.74) is 2.76. The lowest BCUT2D eigenvalue weighted by Crippen LogP contribution is -2.37. The van der Waals surface area contributed by atoms with E-state index in [-0.39, 0.29) is 5.78 Å². The first-order chi connectivity index (χ1) is 15.8. The van der Waals surface area contributed by atoms with Gasteiger partial charge in [0.2, 0.25) is 5.89 Å². The van der Waals surface area contributed by atoms with Crippen LogP contribution in [0.3, 0.4) is 0 Å². The van der Waals surface area contributed by atoms with E-state index in [9.17, 15) is 14.4 Å². The number of carbonyl (C=O) groups excluding carboxylic acids is 1.